The number of esters is 1. The highest BCUT2D eigenvalue weighted by Gasteiger charge is 2.31. The van der Waals surface area contributed by atoms with E-state index in [1.807, 2.05) is 65.0 Å². The van der Waals surface area contributed by atoms with Gasteiger partial charge in [0.1, 0.15) is 5.60 Å². The number of rotatable bonds is 3. The molecular formula is C19H26O3S. The molecule has 23 heavy (non-hydrogen) atoms. The lowest BCUT2D eigenvalue weighted by Gasteiger charge is -2.22. The van der Waals surface area contributed by atoms with Crippen molar-refractivity contribution < 1.29 is 14.6 Å². The summed E-state index contributed by atoms with van der Waals surface area (Å²) in [5.74, 6) is 0.449. The van der Waals surface area contributed by atoms with Crippen LogP contribution in [0.4, 0.5) is 0 Å². The van der Waals surface area contributed by atoms with Gasteiger partial charge in [-0.05, 0) is 58.2 Å². The fourth-order valence-corrected chi connectivity index (χ4v) is 3.75. The summed E-state index contributed by atoms with van der Waals surface area (Å²) in [6.07, 6.45) is 2.82. The first-order chi connectivity index (χ1) is 10.6. The molecule has 2 atom stereocenters. The van der Waals surface area contributed by atoms with E-state index in [0.717, 1.165) is 28.2 Å². The predicted molar refractivity (Wildman–Crippen MR) is 96.4 cm³/mol. The largest absolute Gasteiger partial charge is 0.460 e. The molecule has 1 heterocycles. The van der Waals surface area contributed by atoms with Crippen LogP contribution < -0.4 is 0 Å². The van der Waals surface area contributed by atoms with Crippen molar-refractivity contribution in [1.29, 1.82) is 0 Å². The van der Waals surface area contributed by atoms with Gasteiger partial charge < -0.3 is 9.84 Å². The first kappa shape index (κ1) is 18.1. The van der Waals surface area contributed by atoms with Gasteiger partial charge in [0.25, 0.3) is 0 Å². The molecule has 0 saturated carbocycles. The lowest BCUT2D eigenvalue weighted by atomic mass is 9.98. The molecule has 0 aromatic heterocycles. The quantitative estimate of drug-likeness (QED) is 0.834. The standard InChI is InChI=1S/C19H26O3S/c1-13(17(20)22-18(2,3)4)15-8-6-14(7-9-15)12-16-19(5,21)10-11-23-16/h6-9,12-13,21H,10-11H2,1-5H3/b16-12-. The molecule has 3 nitrogen and oxygen atoms in total. The Morgan fingerprint density at radius 3 is 2.43 bits per heavy atom. The zero-order valence-corrected chi connectivity index (χ0v) is 15.4. The molecule has 1 aromatic carbocycles. The van der Waals surface area contributed by atoms with Crippen LogP contribution in [0.5, 0.6) is 0 Å². The molecule has 0 bridgehead atoms. The zero-order chi connectivity index (χ0) is 17.3. The van der Waals surface area contributed by atoms with Gasteiger partial charge in [0, 0.05) is 10.7 Å². The molecule has 126 valence electrons. The first-order valence-corrected chi connectivity index (χ1v) is 8.97. The minimum absolute atomic E-state index is 0.210. The Labute approximate surface area is 143 Å². The molecule has 2 unspecified atom stereocenters. The van der Waals surface area contributed by atoms with Crippen molar-refractivity contribution in [3.05, 3.63) is 40.3 Å². The van der Waals surface area contributed by atoms with E-state index in [1.165, 1.54) is 0 Å². The van der Waals surface area contributed by atoms with Crippen molar-refractivity contribution in [3.63, 3.8) is 0 Å². The van der Waals surface area contributed by atoms with Gasteiger partial charge in [-0.1, -0.05) is 24.3 Å². The zero-order valence-electron chi connectivity index (χ0n) is 14.6. The van der Waals surface area contributed by atoms with Gasteiger partial charge in [0.15, 0.2) is 0 Å². The van der Waals surface area contributed by atoms with Crippen LogP contribution in [0.2, 0.25) is 0 Å². The topological polar surface area (TPSA) is 46.5 Å². The second kappa shape index (κ2) is 6.70. The molecular weight excluding hydrogens is 308 g/mol. The van der Waals surface area contributed by atoms with Crippen molar-refractivity contribution in [2.75, 3.05) is 5.75 Å². The highest BCUT2D eigenvalue weighted by molar-refractivity contribution is 8.03. The Kier molecular flexibility index (Phi) is 5.27. The van der Waals surface area contributed by atoms with Gasteiger partial charge in [0.05, 0.1) is 11.5 Å². The molecule has 4 heteroatoms. The first-order valence-electron chi connectivity index (χ1n) is 7.99. The van der Waals surface area contributed by atoms with Gasteiger partial charge in [-0.15, -0.1) is 11.8 Å². The molecule has 0 amide bonds. The van der Waals surface area contributed by atoms with Crippen molar-refractivity contribution in [2.24, 2.45) is 0 Å². The summed E-state index contributed by atoms with van der Waals surface area (Å²) in [7, 11) is 0. The van der Waals surface area contributed by atoms with Crippen LogP contribution in [0, 0.1) is 0 Å². The number of aliphatic hydroxyl groups is 1. The molecule has 1 aliphatic rings. The van der Waals surface area contributed by atoms with Crippen molar-refractivity contribution >= 4 is 23.8 Å². The fraction of sp³-hybridized carbons (Fsp3) is 0.526. The van der Waals surface area contributed by atoms with Gasteiger partial charge >= 0.3 is 5.97 Å². The Bertz CT molecular complexity index is 594. The van der Waals surface area contributed by atoms with Crippen molar-refractivity contribution in [3.8, 4) is 0 Å². The number of benzene rings is 1. The van der Waals surface area contributed by atoms with Crippen LogP contribution in [0.1, 0.15) is 58.1 Å². The number of carbonyl (C=O) groups excluding carboxylic acids is 1. The summed E-state index contributed by atoms with van der Waals surface area (Å²) in [6.45, 7) is 9.34. The second-order valence-electron chi connectivity index (χ2n) is 7.30. The molecule has 0 spiro atoms. The van der Waals surface area contributed by atoms with E-state index in [4.69, 9.17) is 4.74 Å². The summed E-state index contributed by atoms with van der Waals surface area (Å²) in [5.41, 5.74) is 0.788. The maximum atomic E-state index is 12.1. The Morgan fingerprint density at radius 1 is 1.35 bits per heavy atom. The number of ether oxygens (including phenoxy) is 1. The Balaban J connectivity index is 2.11. The summed E-state index contributed by atoms with van der Waals surface area (Å²) in [5, 5.41) is 10.3. The van der Waals surface area contributed by atoms with Crippen LogP contribution >= 0.6 is 11.8 Å². The summed E-state index contributed by atoms with van der Waals surface area (Å²) < 4.78 is 5.43. The van der Waals surface area contributed by atoms with Crippen molar-refractivity contribution in [1.82, 2.24) is 0 Å². The average Bonchev–Trinajstić information content (AvgIpc) is 2.76. The molecule has 1 fully saturated rings. The molecule has 1 N–H and O–H groups in total. The fourth-order valence-electron chi connectivity index (χ4n) is 2.39. The smallest absolute Gasteiger partial charge is 0.313 e. The van der Waals surface area contributed by atoms with Crippen LogP contribution in [0.3, 0.4) is 0 Å². The van der Waals surface area contributed by atoms with E-state index in [0.29, 0.717) is 0 Å². The summed E-state index contributed by atoms with van der Waals surface area (Å²) >= 11 is 1.70. The maximum absolute atomic E-state index is 12.1. The highest BCUT2D eigenvalue weighted by atomic mass is 32.2. The minimum Gasteiger partial charge on any atom is -0.460 e. The number of carbonyl (C=O) groups is 1. The molecule has 0 radical (unpaired) electrons. The third kappa shape index (κ3) is 4.85. The number of hydrogen-bond acceptors (Lipinski definition) is 4. The minimum atomic E-state index is -0.715. The SMILES string of the molecule is CC(C(=O)OC(C)(C)C)c1ccc(/C=C2\SCCC2(C)O)cc1. The lowest BCUT2D eigenvalue weighted by molar-refractivity contribution is -0.156. The molecule has 1 aliphatic heterocycles. The maximum Gasteiger partial charge on any atom is 0.313 e. The van der Waals surface area contributed by atoms with E-state index in [-0.39, 0.29) is 11.9 Å². The van der Waals surface area contributed by atoms with E-state index in [1.54, 1.807) is 11.8 Å². The third-order valence-corrected chi connectivity index (χ3v) is 5.15. The van der Waals surface area contributed by atoms with Crippen LogP contribution in [0.15, 0.2) is 29.2 Å². The second-order valence-corrected chi connectivity index (χ2v) is 8.44. The van der Waals surface area contributed by atoms with Gasteiger partial charge in [0.2, 0.25) is 0 Å². The third-order valence-electron chi connectivity index (χ3n) is 3.87. The normalized spacial score (nSPS) is 24.7. The average molecular weight is 334 g/mol. The summed E-state index contributed by atoms with van der Waals surface area (Å²) in [6, 6.07) is 7.88. The Morgan fingerprint density at radius 2 is 1.96 bits per heavy atom. The van der Waals surface area contributed by atoms with Crippen LogP contribution in [0.25, 0.3) is 6.08 Å². The molecule has 0 aliphatic carbocycles. The van der Waals surface area contributed by atoms with E-state index >= 15 is 0 Å². The van der Waals surface area contributed by atoms with E-state index < -0.39 is 11.2 Å². The Hall–Kier alpha value is -1.26. The van der Waals surface area contributed by atoms with Crippen molar-refractivity contribution in [2.45, 2.75) is 58.2 Å². The van der Waals surface area contributed by atoms with Gasteiger partial charge in [-0.25, -0.2) is 0 Å². The summed E-state index contributed by atoms with van der Waals surface area (Å²) in [4.78, 5) is 13.1. The van der Waals surface area contributed by atoms with Gasteiger partial charge in [-0.3, -0.25) is 4.79 Å². The number of hydrogen-bond donors (Lipinski definition) is 1. The molecule has 1 aromatic rings. The monoisotopic (exact) mass is 334 g/mol. The van der Waals surface area contributed by atoms with E-state index in [2.05, 4.69) is 0 Å². The van der Waals surface area contributed by atoms with E-state index in [9.17, 15) is 9.90 Å². The van der Waals surface area contributed by atoms with Crippen LogP contribution in [-0.4, -0.2) is 28.0 Å². The van der Waals surface area contributed by atoms with Crippen LogP contribution in [-0.2, 0) is 9.53 Å². The molecule has 2 rings (SSSR count). The van der Waals surface area contributed by atoms with Gasteiger partial charge in [-0.2, -0.15) is 0 Å². The highest BCUT2D eigenvalue weighted by Crippen LogP contribution is 2.40. The molecule has 1 saturated heterocycles. The number of thioether (sulfide) groups is 1. The lowest BCUT2D eigenvalue weighted by Crippen LogP contribution is -2.26. The predicted octanol–water partition coefficient (Wildman–Crippen LogP) is 4.36.